The predicted octanol–water partition coefficient (Wildman–Crippen LogP) is 2.96. The van der Waals surface area contributed by atoms with Gasteiger partial charge >= 0.3 is 0 Å². The van der Waals surface area contributed by atoms with Crippen molar-refractivity contribution in [2.45, 2.75) is 23.5 Å². The highest BCUT2D eigenvalue weighted by Gasteiger charge is 2.24. The van der Waals surface area contributed by atoms with Crippen LogP contribution in [0.5, 0.6) is 5.75 Å². The molecule has 0 bridgehead atoms. The van der Waals surface area contributed by atoms with Gasteiger partial charge in [0, 0.05) is 22.8 Å². The maximum Gasteiger partial charge on any atom is 0.264 e. The molecule has 0 saturated carbocycles. The Labute approximate surface area is 161 Å². The minimum Gasteiger partial charge on any atom is -0.484 e. The van der Waals surface area contributed by atoms with Crippen LogP contribution in [0.15, 0.2) is 59.8 Å². The van der Waals surface area contributed by atoms with Gasteiger partial charge in [0.15, 0.2) is 6.61 Å². The number of para-hydroxylation sites is 1. The van der Waals surface area contributed by atoms with Gasteiger partial charge in [0.1, 0.15) is 12.1 Å². The quantitative estimate of drug-likeness (QED) is 0.692. The van der Waals surface area contributed by atoms with Crippen LogP contribution < -0.4 is 9.64 Å². The van der Waals surface area contributed by atoms with Crippen LogP contribution >= 0.6 is 11.8 Å². The summed E-state index contributed by atoms with van der Waals surface area (Å²) in [6.07, 6.45) is 2.46. The number of hydrogen-bond acceptors (Lipinski definition) is 6. The molecular weight excluding hydrogens is 362 g/mol. The van der Waals surface area contributed by atoms with Gasteiger partial charge in [-0.2, -0.15) is 0 Å². The predicted molar refractivity (Wildman–Crippen MR) is 103 cm³/mol. The number of benzene rings is 2. The van der Waals surface area contributed by atoms with Crippen LogP contribution in [0, 0.1) is 0 Å². The van der Waals surface area contributed by atoms with Gasteiger partial charge in [0.2, 0.25) is 0 Å². The van der Waals surface area contributed by atoms with Crippen molar-refractivity contribution < 1.29 is 9.53 Å². The molecule has 2 aromatic carbocycles. The summed E-state index contributed by atoms with van der Waals surface area (Å²) in [5, 5.41) is 11.6. The molecule has 3 aromatic rings. The monoisotopic (exact) mass is 381 g/mol. The Morgan fingerprint density at radius 3 is 3.00 bits per heavy atom. The van der Waals surface area contributed by atoms with Crippen LogP contribution in [0.4, 0.5) is 5.69 Å². The summed E-state index contributed by atoms with van der Waals surface area (Å²) >= 11 is 1.81. The topological polar surface area (TPSA) is 73.1 Å². The number of aromatic nitrogens is 4. The van der Waals surface area contributed by atoms with E-state index in [-0.39, 0.29) is 12.5 Å². The van der Waals surface area contributed by atoms with E-state index >= 15 is 0 Å². The number of hydrogen-bond donors (Lipinski definition) is 0. The minimum atomic E-state index is -0.0509. The lowest BCUT2D eigenvalue weighted by molar-refractivity contribution is -0.120. The largest absolute Gasteiger partial charge is 0.484 e. The number of fused-ring (bicyclic) bond motifs is 1. The first-order valence-corrected chi connectivity index (χ1v) is 9.61. The third-order valence-electron chi connectivity index (χ3n) is 4.34. The third-order valence-corrected chi connectivity index (χ3v) is 5.58. The molecule has 2 heterocycles. The van der Waals surface area contributed by atoms with Gasteiger partial charge in [-0.3, -0.25) is 4.79 Å². The molecule has 1 amide bonds. The summed E-state index contributed by atoms with van der Waals surface area (Å²) < 4.78 is 7.30. The van der Waals surface area contributed by atoms with Crippen LogP contribution in [0.1, 0.15) is 13.3 Å². The third kappa shape index (κ3) is 3.95. The molecule has 0 aliphatic carbocycles. The Morgan fingerprint density at radius 2 is 2.15 bits per heavy atom. The molecular formula is C19H19N5O2S. The molecule has 0 radical (unpaired) electrons. The van der Waals surface area contributed by atoms with Crippen LogP contribution in [0.25, 0.3) is 5.69 Å². The molecule has 0 fully saturated rings. The van der Waals surface area contributed by atoms with Crippen molar-refractivity contribution >= 4 is 23.4 Å². The van der Waals surface area contributed by atoms with E-state index in [0.29, 0.717) is 17.5 Å². The fraction of sp³-hybridized carbons (Fsp3) is 0.263. The van der Waals surface area contributed by atoms with E-state index < -0.39 is 0 Å². The maximum atomic E-state index is 12.9. The second kappa shape index (κ2) is 7.79. The van der Waals surface area contributed by atoms with Crippen LogP contribution in [0.2, 0.25) is 0 Å². The summed E-state index contributed by atoms with van der Waals surface area (Å²) in [6.45, 7) is 2.86. The van der Waals surface area contributed by atoms with Gasteiger partial charge < -0.3 is 9.64 Å². The zero-order valence-corrected chi connectivity index (χ0v) is 15.7. The number of amides is 1. The Morgan fingerprint density at radius 1 is 1.26 bits per heavy atom. The maximum absolute atomic E-state index is 12.9. The number of anilines is 1. The van der Waals surface area contributed by atoms with Crippen molar-refractivity contribution in [1.82, 2.24) is 20.2 Å². The number of carbonyl (C=O) groups excluding carboxylic acids is 1. The average Bonchev–Trinajstić information content (AvgIpc) is 3.17. The second-order valence-electron chi connectivity index (χ2n) is 6.27. The van der Waals surface area contributed by atoms with Crippen molar-refractivity contribution in [3.8, 4) is 11.4 Å². The SMILES string of the molecule is CC1CCN(C(=O)COc2cccc(-n3cnnn3)c2)c2ccccc2S1. The van der Waals surface area contributed by atoms with E-state index in [9.17, 15) is 4.79 Å². The second-order valence-corrected chi connectivity index (χ2v) is 7.75. The summed E-state index contributed by atoms with van der Waals surface area (Å²) in [5.74, 6) is 0.548. The molecule has 7 nitrogen and oxygen atoms in total. The number of thioether (sulfide) groups is 1. The molecule has 27 heavy (non-hydrogen) atoms. The van der Waals surface area contributed by atoms with Crippen molar-refractivity contribution in [2.75, 3.05) is 18.1 Å². The fourth-order valence-electron chi connectivity index (χ4n) is 2.96. The van der Waals surface area contributed by atoms with E-state index in [0.717, 1.165) is 22.7 Å². The molecule has 1 aliphatic rings. The Kier molecular flexibility index (Phi) is 5.06. The lowest BCUT2D eigenvalue weighted by Gasteiger charge is -2.22. The lowest BCUT2D eigenvalue weighted by Crippen LogP contribution is -2.36. The summed E-state index contributed by atoms with van der Waals surface area (Å²) in [7, 11) is 0. The van der Waals surface area contributed by atoms with Crippen LogP contribution in [0.3, 0.4) is 0 Å². The molecule has 8 heteroatoms. The molecule has 4 rings (SSSR count). The highest BCUT2D eigenvalue weighted by atomic mass is 32.2. The zero-order chi connectivity index (χ0) is 18.6. The standard InChI is InChI=1S/C19H19N5O2S/c1-14-9-10-23(17-7-2-3-8-18(17)27-14)19(25)12-26-16-6-4-5-15(11-16)24-13-20-21-22-24/h2-8,11,13-14H,9-10,12H2,1H3. The van der Waals surface area contributed by atoms with Gasteiger partial charge in [0.05, 0.1) is 11.4 Å². The Bertz CT molecular complexity index is 931. The summed E-state index contributed by atoms with van der Waals surface area (Å²) in [6, 6.07) is 15.4. The van der Waals surface area contributed by atoms with Crippen molar-refractivity contribution in [3.05, 3.63) is 54.9 Å². The molecule has 0 N–H and O–H groups in total. The molecule has 1 aromatic heterocycles. The van der Waals surface area contributed by atoms with E-state index in [1.807, 2.05) is 53.1 Å². The molecule has 0 spiro atoms. The van der Waals surface area contributed by atoms with E-state index in [2.05, 4.69) is 28.5 Å². The number of ether oxygens (including phenoxy) is 1. The molecule has 0 saturated heterocycles. The molecule has 1 unspecified atom stereocenters. The van der Waals surface area contributed by atoms with Crippen molar-refractivity contribution in [1.29, 1.82) is 0 Å². The van der Waals surface area contributed by atoms with E-state index in [1.54, 1.807) is 10.7 Å². The normalized spacial score (nSPS) is 16.5. The van der Waals surface area contributed by atoms with E-state index in [4.69, 9.17) is 4.74 Å². The smallest absolute Gasteiger partial charge is 0.264 e. The van der Waals surface area contributed by atoms with E-state index in [1.165, 1.54) is 6.33 Å². The zero-order valence-electron chi connectivity index (χ0n) is 14.9. The van der Waals surface area contributed by atoms with Crippen molar-refractivity contribution in [2.24, 2.45) is 0 Å². The van der Waals surface area contributed by atoms with Crippen LogP contribution in [-0.2, 0) is 4.79 Å². The first kappa shape index (κ1) is 17.5. The lowest BCUT2D eigenvalue weighted by atomic mass is 10.2. The number of rotatable bonds is 4. The fourth-order valence-corrected chi connectivity index (χ4v) is 4.08. The molecule has 1 aliphatic heterocycles. The van der Waals surface area contributed by atoms with Gasteiger partial charge in [-0.15, -0.1) is 16.9 Å². The minimum absolute atomic E-state index is 0.0214. The van der Waals surface area contributed by atoms with Gasteiger partial charge in [0.25, 0.3) is 5.91 Å². The summed E-state index contributed by atoms with van der Waals surface area (Å²) in [5.41, 5.74) is 1.73. The Balaban J connectivity index is 1.48. The van der Waals surface area contributed by atoms with Crippen molar-refractivity contribution in [3.63, 3.8) is 0 Å². The van der Waals surface area contributed by atoms with Crippen LogP contribution in [-0.4, -0.2) is 44.5 Å². The first-order valence-electron chi connectivity index (χ1n) is 8.73. The summed E-state index contributed by atoms with van der Waals surface area (Å²) in [4.78, 5) is 15.8. The molecule has 138 valence electrons. The van der Waals surface area contributed by atoms with Gasteiger partial charge in [-0.05, 0) is 41.1 Å². The van der Waals surface area contributed by atoms with Gasteiger partial charge in [-0.25, -0.2) is 4.68 Å². The number of tetrazole rings is 1. The average molecular weight is 381 g/mol. The molecule has 1 atom stereocenters. The van der Waals surface area contributed by atoms with Gasteiger partial charge in [-0.1, -0.05) is 25.1 Å². The highest BCUT2D eigenvalue weighted by molar-refractivity contribution is 8.00. The number of nitrogens with zero attached hydrogens (tertiary/aromatic N) is 5. The highest BCUT2D eigenvalue weighted by Crippen LogP contribution is 2.37. The number of carbonyl (C=O) groups is 1. The Hall–Kier alpha value is -2.87. The first-order chi connectivity index (χ1) is 13.2.